The smallest absolute Gasteiger partial charge is 0.328 e. The van der Waals surface area contributed by atoms with Crippen LogP contribution in [0.25, 0.3) is 0 Å². The highest BCUT2D eigenvalue weighted by atomic mass is 32.2. The number of piperidine rings is 1. The van der Waals surface area contributed by atoms with Crippen LogP contribution in [-0.2, 0) is 19.4 Å². The highest BCUT2D eigenvalue weighted by Crippen LogP contribution is 2.12. The molecule has 0 aliphatic carbocycles. The zero-order valence-electron chi connectivity index (χ0n) is 20.4. The topological polar surface area (TPSA) is 144 Å². The Morgan fingerprint density at radius 1 is 1.03 bits per heavy atom. The van der Waals surface area contributed by atoms with E-state index < -0.39 is 21.8 Å². The van der Waals surface area contributed by atoms with Gasteiger partial charge < -0.3 is 25.3 Å². The second-order valence-corrected chi connectivity index (χ2v) is 10.5. The molecule has 1 aliphatic heterocycles. The van der Waals surface area contributed by atoms with E-state index in [0.717, 1.165) is 19.6 Å². The van der Waals surface area contributed by atoms with Gasteiger partial charge >= 0.3 is 18.0 Å². The first kappa shape index (κ1) is 30.1. The minimum absolute atomic E-state index is 0.0272. The summed E-state index contributed by atoms with van der Waals surface area (Å²) in [7, 11) is -3.30. The summed E-state index contributed by atoms with van der Waals surface area (Å²) in [6.07, 6.45) is 5.32. The fourth-order valence-corrected chi connectivity index (χ4v) is 4.83. The van der Waals surface area contributed by atoms with Gasteiger partial charge in [0.1, 0.15) is 0 Å². The number of benzene rings is 1. The normalized spacial score (nSPS) is 14.3. The van der Waals surface area contributed by atoms with Crippen LogP contribution in [0.2, 0.25) is 0 Å². The van der Waals surface area contributed by atoms with Crippen LogP contribution in [0.4, 0.5) is 4.79 Å². The predicted octanol–water partition coefficient (Wildman–Crippen LogP) is 2.47. The first-order valence-corrected chi connectivity index (χ1v) is 13.4. The summed E-state index contributed by atoms with van der Waals surface area (Å²) in [5.41, 5.74) is 0. The zero-order chi connectivity index (χ0) is 26.3. The number of carboxylic acid groups (broad SMARTS) is 2. The summed E-state index contributed by atoms with van der Waals surface area (Å²) in [6, 6.07) is 8.39. The summed E-state index contributed by atoms with van der Waals surface area (Å²) >= 11 is 0. The van der Waals surface area contributed by atoms with Gasteiger partial charge in [-0.05, 0) is 58.3 Å². The molecule has 2 rings (SSSR count). The van der Waals surface area contributed by atoms with Gasteiger partial charge in [0.15, 0.2) is 9.84 Å². The summed E-state index contributed by atoms with van der Waals surface area (Å²) in [6.45, 7) is 8.07. The number of sulfone groups is 1. The SMILES string of the molecule is CC(C)N(CCCS(=O)(=O)c1ccccc1)C(=O)NCCN1CCCCC1.O=C(O)C=CC(=O)O. The van der Waals surface area contributed by atoms with Crippen LogP contribution in [0.5, 0.6) is 0 Å². The standard InChI is InChI=1S/C20H33N3O3S.C4H4O4/c1-18(2)23(20(24)21-12-16-22-13-7-4-8-14-22)15-9-17-27(25,26)19-10-5-3-6-11-19;5-3(6)1-2-4(7)8/h3,5-6,10-11,18H,4,7-9,12-17H2,1-2H3,(H,21,24);1-2H,(H,5,6)(H,7,8). The van der Waals surface area contributed by atoms with E-state index in [9.17, 15) is 22.8 Å². The maximum atomic E-state index is 12.5. The average molecular weight is 512 g/mol. The number of nitrogens with one attached hydrogen (secondary N) is 1. The molecule has 1 aliphatic rings. The molecule has 0 atom stereocenters. The van der Waals surface area contributed by atoms with Gasteiger partial charge in [0.2, 0.25) is 0 Å². The number of amides is 2. The molecule has 35 heavy (non-hydrogen) atoms. The van der Waals surface area contributed by atoms with E-state index in [0.29, 0.717) is 36.6 Å². The summed E-state index contributed by atoms with van der Waals surface area (Å²) in [4.78, 5) is 36.0. The maximum absolute atomic E-state index is 12.5. The molecule has 0 unspecified atom stereocenters. The van der Waals surface area contributed by atoms with Crippen molar-refractivity contribution in [1.29, 1.82) is 0 Å². The van der Waals surface area contributed by atoms with Crippen LogP contribution in [0.15, 0.2) is 47.4 Å². The van der Waals surface area contributed by atoms with Gasteiger partial charge in [-0.2, -0.15) is 0 Å². The van der Waals surface area contributed by atoms with E-state index in [4.69, 9.17) is 10.2 Å². The Kier molecular flexibility index (Phi) is 13.7. The van der Waals surface area contributed by atoms with Gasteiger partial charge in [-0.3, -0.25) is 0 Å². The molecule has 0 radical (unpaired) electrons. The van der Waals surface area contributed by atoms with Crippen molar-refractivity contribution in [2.45, 2.75) is 50.5 Å². The highest BCUT2D eigenvalue weighted by Gasteiger charge is 2.19. The van der Waals surface area contributed by atoms with Gasteiger partial charge in [-0.25, -0.2) is 22.8 Å². The molecule has 2 amide bonds. The molecule has 1 heterocycles. The number of nitrogens with zero attached hydrogens (tertiary/aromatic N) is 2. The number of carbonyl (C=O) groups excluding carboxylic acids is 1. The van der Waals surface area contributed by atoms with Crippen LogP contribution in [0, 0.1) is 0 Å². The summed E-state index contributed by atoms with van der Waals surface area (Å²) in [5.74, 6) is -2.47. The molecule has 10 nitrogen and oxygen atoms in total. The minimum atomic E-state index is -3.30. The molecule has 1 aromatic rings. The molecular weight excluding hydrogens is 474 g/mol. The van der Waals surface area contributed by atoms with Crippen LogP contribution in [0.3, 0.4) is 0 Å². The van der Waals surface area contributed by atoms with E-state index in [2.05, 4.69) is 10.2 Å². The second kappa shape index (κ2) is 15.9. The Hall–Kier alpha value is -2.92. The van der Waals surface area contributed by atoms with E-state index in [1.807, 2.05) is 13.8 Å². The van der Waals surface area contributed by atoms with Gasteiger partial charge in [-0.15, -0.1) is 0 Å². The van der Waals surface area contributed by atoms with Crippen LogP contribution >= 0.6 is 0 Å². The number of urea groups is 1. The quantitative estimate of drug-likeness (QED) is 0.384. The third kappa shape index (κ3) is 12.9. The monoisotopic (exact) mass is 511 g/mol. The lowest BCUT2D eigenvalue weighted by molar-refractivity contribution is -0.134. The van der Waals surface area contributed by atoms with Crippen molar-refractivity contribution in [3.8, 4) is 0 Å². The first-order valence-electron chi connectivity index (χ1n) is 11.7. The van der Waals surface area contributed by atoms with Gasteiger partial charge in [0.05, 0.1) is 10.6 Å². The molecule has 0 aromatic heterocycles. The lowest BCUT2D eigenvalue weighted by Gasteiger charge is -2.29. The van der Waals surface area contributed by atoms with Crippen molar-refractivity contribution >= 4 is 27.8 Å². The van der Waals surface area contributed by atoms with Crippen molar-refractivity contribution in [3.05, 3.63) is 42.5 Å². The molecule has 1 saturated heterocycles. The molecule has 0 spiro atoms. The third-order valence-electron chi connectivity index (χ3n) is 5.32. The van der Waals surface area contributed by atoms with Crippen LogP contribution in [-0.4, -0.2) is 90.9 Å². The molecule has 1 aromatic carbocycles. The first-order chi connectivity index (χ1) is 16.5. The van der Waals surface area contributed by atoms with Crippen molar-refractivity contribution in [3.63, 3.8) is 0 Å². The molecule has 3 N–H and O–H groups in total. The Morgan fingerprint density at radius 3 is 2.11 bits per heavy atom. The highest BCUT2D eigenvalue weighted by molar-refractivity contribution is 7.91. The number of aliphatic carboxylic acids is 2. The third-order valence-corrected chi connectivity index (χ3v) is 7.14. The number of rotatable bonds is 11. The van der Waals surface area contributed by atoms with Gasteiger partial charge in [0, 0.05) is 37.8 Å². The summed E-state index contributed by atoms with van der Waals surface area (Å²) in [5, 5.41) is 18.6. The van der Waals surface area contributed by atoms with Gasteiger partial charge in [0.25, 0.3) is 0 Å². The van der Waals surface area contributed by atoms with E-state index in [1.165, 1.54) is 19.3 Å². The predicted molar refractivity (Wildman–Crippen MR) is 133 cm³/mol. The number of carboxylic acids is 2. The fraction of sp³-hybridized carbons (Fsp3) is 0.542. The number of hydrogen-bond acceptors (Lipinski definition) is 6. The Bertz CT molecular complexity index is 912. The van der Waals surface area contributed by atoms with E-state index in [-0.39, 0.29) is 17.8 Å². The minimum Gasteiger partial charge on any atom is -0.478 e. The van der Waals surface area contributed by atoms with Crippen molar-refractivity contribution in [1.82, 2.24) is 15.1 Å². The van der Waals surface area contributed by atoms with Crippen molar-refractivity contribution in [2.24, 2.45) is 0 Å². The average Bonchev–Trinajstić information content (AvgIpc) is 2.82. The molecule has 0 saturated carbocycles. The Labute approximate surface area is 207 Å². The van der Waals surface area contributed by atoms with Crippen molar-refractivity contribution < 1.29 is 33.0 Å². The zero-order valence-corrected chi connectivity index (χ0v) is 21.2. The lowest BCUT2D eigenvalue weighted by atomic mass is 10.1. The number of likely N-dealkylation sites (tertiary alicyclic amines) is 1. The molecular formula is C24H37N3O7S. The largest absolute Gasteiger partial charge is 0.478 e. The second-order valence-electron chi connectivity index (χ2n) is 8.42. The fourth-order valence-electron chi connectivity index (χ4n) is 3.51. The number of carbonyl (C=O) groups is 3. The van der Waals surface area contributed by atoms with E-state index in [1.54, 1.807) is 35.2 Å². The van der Waals surface area contributed by atoms with Gasteiger partial charge in [-0.1, -0.05) is 24.6 Å². The molecule has 0 bridgehead atoms. The van der Waals surface area contributed by atoms with E-state index >= 15 is 0 Å². The summed E-state index contributed by atoms with van der Waals surface area (Å²) < 4.78 is 24.8. The van der Waals surface area contributed by atoms with Crippen LogP contribution in [0.1, 0.15) is 39.5 Å². The molecule has 1 fully saturated rings. The molecule has 11 heteroatoms. The van der Waals surface area contributed by atoms with Crippen molar-refractivity contribution in [2.75, 3.05) is 38.5 Å². The molecule has 196 valence electrons. The number of hydrogen-bond donors (Lipinski definition) is 3. The Morgan fingerprint density at radius 2 is 1.60 bits per heavy atom. The van der Waals surface area contributed by atoms with Crippen LogP contribution < -0.4 is 5.32 Å². The maximum Gasteiger partial charge on any atom is 0.328 e. The lowest BCUT2D eigenvalue weighted by Crippen LogP contribution is -2.47. The Balaban J connectivity index is 0.000000658.